The number of amides is 3. The number of benzene rings is 3. The molecule has 2 bridgehead atoms. The number of carbonyl (C=O) groups is 3. The van der Waals surface area contributed by atoms with Gasteiger partial charge in [0.2, 0.25) is 17.7 Å². The summed E-state index contributed by atoms with van der Waals surface area (Å²) in [7, 11) is 0. The average Bonchev–Trinajstić information content (AvgIpc) is 3.54. The van der Waals surface area contributed by atoms with Crippen LogP contribution in [0, 0.1) is 11.8 Å². The molecule has 3 amide bonds. The number of nitrogens with zero attached hydrogens (tertiary/aromatic N) is 1. The second kappa shape index (κ2) is 10.6. The van der Waals surface area contributed by atoms with Gasteiger partial charge in [-0.15, -0.1) is 0 Å². The Hall–Kier alpha value is -3.72. The third kappa shape index (κ3) is 4.60. The number of anilines is 2. The van der Waals surface area contributed by atoms with Crippen LogP contribution < -0.4 is 10.6 Å². The van der Waals surface area contributed by atoms with Crippen molar-refractivity contribution >= 4 is 40.7 Å². The van der Waals surface area contributed by atoms with Crippen molar-refractivity contribution in [1.29, 1.82) is 0 Å². The van der Waals surface area contributed by atoms with Crippen molar-refractivity contribution < 1.29 is 24.2 Å². The first-order valence-corrected chi connectivity index (χ1v) is 14.2. The molecular weight excluding hydrogens is 542 g/mol. The highest BCUT2D eigenvalue weighted by molar-refractivity contribution is 6.33. The first-order chi connectivity index (χ1) is 19.8. The highest BCUT2D eigenvalue weighted by Gasteiger charge is 2.78. The summed E-state index contributed by atoms with van der Waals surface area (Å²) in [5, 5.41) is 16.8. The quantitative estimate of drug-likeness (QED) is 0.373. The van der Waals surface area contributed by atoms with Crippen molar-refractivity contribution in [3.63, 3.8) is 0 Å². The van der Waals surface area contributed by atoms with Crippen LogP contribution in [0.2, 0.25) is 5.02 Å². The lowest BCUT2D eigenvalue weighted by Crippen LogP contribution is -2.57. The molecule has 3 fully saturated rings. The van der Waals surface area contributed by atoms with Crippen molar-refractivity contribution in [2.45, 2.75) is 49.5 Å². The zero-order chi connectivity index (χ0) is 28.8. The number of nitrogens with one attached hydrogen (secondary N) is 2. The van der Waals surface area contributed by atoms with Gasteiger partial charge in [0.1, 0.15) is 11.6 Å². The summed E-state index contributed by atoms with van der Waals surface area (Å²) in [4.78, 5) is 43.9. The molecule has 3 heterocycles. The molecule has 3 saturated heterocycles. The molecule has 0 radical (unpaired) electrons. The van der Waals surface area contributed by atoms with Gasteiger partial charge in [-0.2, -0.15) is 0 Å². The molecular formula is C32H32ClN3O5. The monoisotopic (exact) mass is 573 g/mol. The molecule has 8 nitrogen and oxygen atoms in total. The predicted octanol–water partition coefficient (Wildman–Crippen LogP) is 4.29. The van der Waals surface area contributed by atoms with Gasteiger partial charge in [0, 0.05) is 5.69 Å². The number of halogens is 1. The van der Waals surface area contributed by atoms with Crippen molar-refractivity contribution in [3.8, 4) is 0 Å². The predicted molar refractivity (Wildman–Crippen MR) is 155 cm³/mol. The summed E-state index contributed by atoms with van der Waals surface area (Å²) < 4.78 is 6.69. The first kappa shape index (κ1) is 27.4. The number of para-hydroxylation sites is 2. The van der Waals surface area contributed by atoms with Crippen molar-refractivity contribution in [1.82, 2.24) is 4.90 Å². The van der Waals surface area contributed by atoms with Gasteiger partial charge < -0.3 is 25.4 Å². The Morgan fingerprint density at radius 1 is 0.976 bits per heavy atom. The molecule has 212 valence electrons. The summed E-state index contributed by atoms with van der Waals surface area (Å²) in [5.41, 5.74) is -0.227. The molecule has 6 atom stereocenters. The molecule has 0 aliphatic carbocycles. The number of likely N-dealkylation sites (tertiary alicyclic amines) is 1. The second-order valence-corrected chi connectivity index (χ2v) is 11.7. The van der Waals surface area contributed by atoms with Gasteiger partial charge in [-0.3, -0.25) is 14.4 Å². The fourth-order valence-electron chi connectivity index (χ4n) is 7.10. The number of carbonyl (C=O) groups excluding carboxylic acids is 3. The topological polar surface area (TPSA) is 108 Å². The Bertz CT molecular complexity index is 1470. The second-order valence-electron chi connectivity index (χ2n) is 11.3. The fourth-order valence-corrected chi connectivity index (χ4v) is 7.28. The summed E-state index contributed by atoms with van der Waals surface area (Å²) in [6.45, 7) is 1.49. The summed E-state index contributed by atoms with van der Waals surface area (Å²) >= 11 is 6.37. The van der Waals surface area contributed by atoms with Crippen LogP contribution in [-0.4, -0.2) is 57.6 Å². The average molecular weight is 574 g/mol. The highest BCUT2D eigenvalue weighted by atomic mass is 35.5. The van der Waals surface area contributed by atoms with Crippen molar-refractivity contribution in [2.75, 3.05) is 17.2 Å². The zero-order valence-corrected chi connectivity index (χ0v) is 23.4. The molecule has 0 saturated carbocycles. The highest BCUT2D eigenvalue weighted by Crippen LogP contribution is 2.63. The number of aliphatic hydroxyl groups excluding tert-OH is 1. The standard InChI is InChI=1S/C32H32ClN3O5/c1-31-16-17-32(41-31)26(25(31)28(38)34-21-12-6-3-7-13-21)30(40)36(22(19-37)18-20-10-4-2-5-11-20)27(32)29(39)35-24-15-9-8-14-23(24)33/h2-15,22,25-27,37H,16-19H2,1H3,(H,34,38)(H,35,39)/t22-,25+,26+,27?,31-,32?/m1/s1. The van der Waals surface area contributed by atoms with Crippen LogP contribution in [0.1, 0.15) is 25.3 Å². The third-order valence-corrected chi connectivity index (χ3v) is 9.17. The number of hydrogen-bond acceptors (Lipinski definition) is 5. The van der Waals surface area contributed by atoms with Crippen LogP contribution in [0.5, 0.6) is 0 Å². The van der Waals surface area contributed by atoms with E-state index in [1.807, 2.05) is 55.5 Å². The van der Waals surface area contributed by atoms with E-state index in [2.05, 4.69) is 10.6 Å². The SMILES string of the molecule is C[C@]12CCC3(O1)C(C(=O)Nc1ccccc1Cl)N([C@@H](CO)Cc1ccccc1)C(=O)[C@@H]3[C@H]2C(=O)Nc1ccccc1. The third-order valence-electron chi connectivity index (χ3n) is 8.84. The minimum absolute atomic E-state index is 0.325. The van der Waals surface area contributed by atoms with Crippen LogP contribution in [0.4, 0.5) is 11.4 Å². The van der Waals surface area contributed by atoms with E-state index in [1.54, 1.807) is 36.4 Å². The Labute approximate surface area is 243 Å². The lowest BCUT2D eigenvalue weighted by molar-refractivity contribution is -0.146. The summed E-state index contributed by atoms with van der Waals surface area (Å²) in [6, 6.07) is 23.7. The zero-order valence-electron chi connectivity index (χ0n) is 22.6. The molecule has 1 spiro atoms. The molecule has 6 rings (SSSR count). The van der Waals surface area contributed by atoms with Crippen molar-refractivity contribution in [2.24, 2.45) is 11.8 Å². The molecule has 0 aromatic heterocycles. The Balaban J connectivity index is 1.40. The largest absolute Gasteiger partial charge is 0.394 e. The van der Waals surface area contributed by atoms with E-state index in [4.69, 9.17) is 16.3 Å². The van der Waals surface area contributed by atoms with Crippen LogP contribution in [0.15, 0.2) is 84.9 Å². The van der Waals surface area contributed by atoms with E-state index in [-0.39, 0.29) is 18.4 Å². The molecule has 3 N–H and O–H groups in total. The maximum atomic E-state index is 14.5. The van der Waals surface area contributed by atoms with Crippen LogP contribution in [-0.2, 0) is 25.5 Å². The molecule has 3 aliphatic heterocycles. The van der Waals surface area contributed by atoms with Crippen LogP contribution >= 0.6 is 11.6 Å². The summed E-state index contributed by atoms with van der Waals surface area (Å²) in [6.07, 6.45) is 1.27. The smallest absolute Gasteiger partial charge is 0.250 e. The Kier molecular flexibility index (Phi) is 7.09. The number of aliphatic hydroxyl groups is 1. The van der Waals surface area contributed by atoms with Gasteiger partial charge in [-0.1, -0.05) is 72.3 Å². The molecule has 9 heteroatoms. The maximum absolute atomic E-state index is 14.5. The number of fused-ring (bicyclic) bond motifs is 1. The van der Waals surface area contributed by atoms with Gasteiger partial charge in [0.15, 0.2) is 0 Å². The van der Waals surface area contributed by atoms with E-state index in [1.165, 1.54) is 4.90 Å². The fraction of sp³-hybridized carbons (Fsp3) is 0.344. The minimum Gasteiger partial charge on any atom is -0.394 e. The lowest BCUT2D eigenvalue weighted by atomic mass is 9.66. The van der Waals surface area contributed by atoms with Gasteiger partial charge in [0.25, 0.3) is 0 Å². The van der Waals surface area contributed by atoms with E-state index in [0.717, 1.165) is 5.56 Å². The van der Waals surface area contributed by atoms with Gasteiger partial charge in [0.05, 0.1) is 40.8 Å². The maximum Gasteiger partial charge on any atom is 0.250 e. The van der Waals surface area contributed by atoms with E-state index < -0.39 is 41.0 Å². The van der Waals surface area contributed by atoms with Gasteiger partial charge >= 0.3 is 0 Å². The lowest BCUT2D eigenvalue weighted by Gasteiger charge is -2.37. The molecule has 3 aromatic rings. The van der Waals surface area contributed by atoms with Gasteiger partial charge in [-0.25, -0.2) is 0 Å². The number of rotatable bonds is 8. The first-order valence-electron chi connectivity index (χ1n) is 13.9. The molecule has 3 aromatic carbocycles. The minimum atomic E-state index is -1.24. The normalized spacial score (nSPS) is 28.8. The molecule has 41 heavy (non-hydrogen) atoms. The molecule has 3 aliphatic rings. The summed E-state index contributed by atoms with van der Waals surface area (Å²) in [5.74, 6) is -2.86. The Morgan fingerprint density at radius 2 is 1.63 bits per heavy atom. The van der Waals surface area contributed by atoms with Crippen LogP contribution in [0.3, 0.4) is 0 Å². The number of ether oxygens (including phenoxy) is 1. The van der Waals surface area contributed by atoms with Gasteiger partial charge in [-0.05, 0) is 56.0 Å². The Morgan fingerprint density at radius 3 is 2.32 bits per heavy atom. The van der Waals surface area contributed by atoms with E-state index >= 15 is 0 Å². The van der Waals surface area contributed by atoms with E-state index in [9.17, 15) is 19.5 Å². The molecule has 2 unspecified atom stereocenters. The van der Waals surface area contributed by atoms with Crippen LogP contribution in [0.25, 0.3) is 0 Å². The van der Waals surface area contributed by atoms with E-state index in [0.29, 0.717) is 35.7 Å². The van der Waals surface area contributed by atoms with Crippen molar-refractivity contribution in [3.05, 3.63) is 95.5 Å². The number of hydrogen-bond donors (Lipinski definition) is 3.